The highest BCUT2D eigenvalue weighted by Crippen LogP contribution is 2.16. The molecule has 84 valence electrons. The molecule has 0 aliphatic carbocycles. The van der Waals surface area contributed by atoms with Crippen LogP contribution in [-0.4, -0.2) is 20.3 Å². The maximum atomic E-state index is 11.8. The molecule has 0 atom stereocenters. The number of rotatable bonds is 4. The van der Waals surface area contributed by atoms with Gasteiger partial charge >= 0.3 is 0 Å². The first-order valence-corrected chi connectivity index (χ1v) is 6.66. The van der Waals surface area contributed by atoms with Crippen molar-refractivity contribution in [1.82, 2.24) is 5.32 Å². The minimum absolute atomic E-state index is 0.0645. The summed E-state index contributed by atoms with van der Waals surface area (Å²) in [4.78, 5) is 0.253. The summed E-state index contributed by atoms with van der Waals surface area (Å²) in [6.45, 7) is 3.79. The average molecular weight is 248 g/mol. The third-order valence-electron chi connectivity index (χ3n) is 1.84. The molecule has 0 aromatic heterocycles. The maximum absolute atomic E-state index is 11.8. The van der Waals surface area contributed by atoms with Gasteiger partial charge in [0.05, 0.1) is 4.90 Å². The van der Waals surface area contributed by atoms with Crippen molar-refractivity contribution in [3.63, 3.8) is 0 Å². The van der Waals surface area contributed by atoms with Crippen molar-refractivity contribution in [3.8, 4) is 0 Å². The summed E-state index contributed by atoms with van der Waals surface area (Å²) in [6, 6.07) is 6.42. The Hall–Kier alpha value is -0.580. The lowest BCUT2D eigenvalue weighted by Crippen LogP contribution is -2.29. The molecule has 1 aromatic rings. The summed E-state index contributed by atoms with van der Waals surface area (Å²) in [5, 5.41) is 3.30. The zero-order valence-electron chi connectivity index (χ0n) is 8.70. The zero-order chi connectivity index (χ0) is 11.5. The van der Waals surface area contributed by atoms with Gasteiger partial charge in [-0.1, -0.05) is 17.7 Å². The first-order valence-electron chi connectivity index (χ1n) is 4.63. The SMILES string of the molecule is CC(C)NCS(=O)(=O)c1cccc(Cl)c1. The summed E-state index contributed by atoms with van der Waals surface area (Å²) >= 11 is 5.73. The van der Waals surface area contributed by atoms with Crippen LogP contribution in [0.15, 0.2) is 29.2 Å². The van der Waals surface area contributed by atoms with Gasteiger partial charge in [0.25, 0.3) is 0 Å². The van der Waals surface area contributed by atoms with Gasteiger partial charge in [0.15, 0.2) is 9.84 Å². The predicted octanol–water partition coefficient (Wildman–Crippen LogP) is 2.07. The number of hydrogen-bond donors (Lipinski definition) is 1. The Labute approximate surface area is 95.4 Å². The molecule has 0 saturated carbocycles. The number of halogens is 1. The topological polar surface area (TPSA) is 46.2 Å². The predicted molar refractivity (Wildman–Crippen MR) is 61.8 cm³/mol. The molecule has 1 aromatic carbocycles. The van der Waals surface area contributed by atoms with E-state index >= 15 is 0 Å². The molecule has 0 saturated heterocycles. The Kier molecular flexibility index (Phi) is 4.13. The molecule has 3 nitrogen and oxygen atoms in total. The van der Waals surface area contributed by atoms with E-state index < -0.39 is 9.84 Å². The fraction of sp³-hybridized carbons (Fsp3) is 0.400. The Bertz CT molecular complexity index is 429. The smallest absolute Gasteiger partial charge is 0.191 e. The molecule has 0 aliphatic rings. The summed E-state index contributed by atoms with van der Waals surface area (Å²) in [5.74, 6) is -0.0645. The van der Waals surface area contributed by atoms with E-state index in [0.717, 1.165) is 0 Å². The van der Waals surface area contributed by atoms with E-state index in [4.69, 9.17) is 11.6 Å². The summed E-state index contributed by atoms with van der Waals surface area (Å²) < 4.78 is 23.5. The van der Waals surface area contributed by atoms with E-state index in [1.165, 1.54) is 6.07 Å². The molecule has 1 N–H and O–H groups in total. The van der Waals surface area contributed by atoms with Crippen LogP contribution >= 0.6 is 11.6 Å². The van der Waals surface area contributed by atoms with Crippen LogP contribution in [0.4, 0.5) is 0 Å². The molecule has 0 unspecified atom stereocenters. The number of benzene rings is 1. The van der Waals surface area contributed by atoms with Gasteiger partial charge in [-0.25, -0.2) is 8.42 Å². The maximum Gasteiger partial charge on any atom is 0.191 e. The highest BCUT2D eigenvalue weighted by Gasteiger charge is 2.14. The summed E-state index contributed by atoms with van der Waals surface area (Å²) in [7, 11) is -3.27. The minimum atomic E-state index is -3.27. The molecular weight excluding hydrogens is 234 g/mol. The summed E-state index contributed by atoms with van der Waals surface area (Å²) in [6.07, 6.45) is 0. The molecular formula is C10H14ClNO2S. The van der Waals surface area contributed by atoms with E-state index in [9.17, 15) is 8.42 Å². The quantitative estimate of drug-likeness (QED) is 0.886. The molecule has 0 fully saturated rings. The van der Waals surface area contributed by atoms with Gasteiger partial charge in [0.1, 0.15) is 5.88 Å². The minimum Gasteiger partial charge on any atom is -0.301 e. The second-order valence-corrected chi connectivity index (χ2v) is 6.00. The standard InChI is InChI=1S/C10H14ClNO2S/c1-8(2)12-7-15(13,14)10-5-3-4-9(11)6-10/h3-6,8,12H,7H2,1-2H3. The number of nitrogens with one attached hydrogen (secondary N) is 1. The third-order valence-corrected chi connectivity index (χ3v) is 3.59. The lowest BCUT2D eigenvalue weighted by Gasteiger charge is -2.09. The first-order chi connectivity index (χ1) is 6.92. The number of sulfone groups is 1. The van der Waals surface area contributed by atoms with Crippen molar-refractivity contribution in [2.45, 2.75) is 24.8 Å². The van der Waals surface area contributed by atoms with Gasteiger partial charge in [-0.15, -0.1) is 0 Å². The molecule has 0 aliphatic heterocycles. The average Bonchev–Trinajstić information content (AvgIpc) is 2.15. The van der Waals surface area contributed by atoms with Crippen LogP contribution < -0.4 is 5.32 Å². The lowest BCUT2D eigenvalue weighted by atomic mass is 10.4. The van der Waals surface area contributed by atoms with E-state index in [-0.39, 0.29) is 16.8 Å². The summed E-state index contributed by atoms with van der Waals surface area (Å²) in [5.41, 5.74) is 0. The molecule has 0 radical (unpaired) electrons. The van der Waals surface area contributed by atoms with E-state index in [1.54, 1.807) is 18.2 Å². The highest BCUT2D eigenvalue weighted by molar-refractivity contribution is 7.91. The Morgan fingerprint density at radius 3 is 2.60 bits per heavy atom. The Morgan fingerprint density at radius 2 is 2.07 bits per heavy atom. The van der Waals surface area contributed by atoms with Crippen molar-refractivity contribution in [2.75, 3.05) is 5.88 Å². The van der Waals surface area contributed by atoms with Gasteiger partial charge in [-0.3, -0.25) is 0 Å². The van der Waals surface area contributed by atoms with Gasteiger partial charge in [0.2, 0.25) is 0 Å². The first kappa shape index (κ1) is 12.5. The monoisotopic (exact) mass is 247 g/mol. The van der Waals surface area contributed by atoms with Gasteiger partial charge in [-0.2, -0.15) is 0 Å². The molecule has 0 amide bonds. The van der Waals surface area contributed by atoms with Crippen LogP contribution in [0.25, 0.3) is 0 Å². The normalized spacial score (nSPS) is 12.0. The van der Waals surface area contributed by atoms with E-state index in [1.807, 2.05) is 13.8 Å². The Morgan fingerprint density at radius 1 is 1.40 bits per heavy atom. The molecule has 15 heavy (non-hydrogen) atoms. The third kappa shape index (κ3) is 3.81. The van der Waals surface area contributed by atoms with Crippen LogP contribution in [0.5, 0.6) is 0 Å². The van der Waals surface area contributed by atoms with Crippen LogP contribution in [0.3, 0.4) is 0 Å². The van der Waals surface area contributed by atoms with Crippen molar-refractivity contribution in [3.05, 3.63) is 29.3 Å². The number of hydrogen-bond acceptors (Lipinski definition) is 3. The van der Waals surface area contributed by atoms with Gasteiger partial charge in [-0.05, 0) is 32.0 Å². The molecule has 5 heteroatoms. The van der Waals surface area contributed by atoms with Gasteiger partial charge in [0, 0.05) is 11.1 Å². The van der Waals surface area contributed by atoms with Crippen LogP contribution in [0, 0.1) is 0 Å². The fourth-order valence-corrected chi connectivity index (χ4v) is 2.59. The van der Waals surface area contributed by atoms with Gasteiger partial charge < -0.3 is 5.32 Å². The van der Waals surface area contributed by atoms with Crippen LogP contribution in [0.2, 0.25) is 5.02 Å². The molecule has 0 bridgehead atoms. The van der Waals surface area contributed by atoms with Crippen LogP contribution in [-0.2, 0) is 9.84 Å². The van der Waals surface area contributed by atoms with Crippen LogP contribution in [0.1, 0.15) is 13.8 Å². The lowest BCUT2D eigenvalue weighted by molar-refractivity contribution is 0.573. The second kappa shape index (κ2) is 4.96. The van der Waals surface area contributed by atoms with Crippen molar-refractivity contribution in [2.24, 2.45) is 0 Å². The van der Waals surface area contributed by atoms with E-state index in [2.05, 4.69) is 5.32 Å². The van der Waals surface area contributed by atoms with Crippen molar-refractivity contribution in [1.29, 1.82) is 0 Å². The second-order valence-electron chi connectivity index (χ2n) is 3.58. The molecule has 0 heterocycles. The fourth-order valence-electron chi connectivity index (χ4n) is 1.02. The van der Waals surface area contributed by atoms with Crippen molar-refractivity contribution < 1.29 is 8.42 Å². The molecule has 1 rings (SSSR count). The molecule has 0 spiro atoms. The zero-order valence-corrected chi connectivity index (χ0v) is 10.3. The Balaban J connectivity index is 2.87. The highest BCUT2D eigenvalue weighted by atomic mass is 35.5. The van der Waals surface area contributed by atoms with Crippen molar-refractivity contribution >= 4 is 21.4 Å². The largest absolute Gasteiger partial charge is 0.301 e. The van der Waals surface area contributed by atoms with E-state index in [0.29, 0.717) is 5.02 Å².